The van der Waals surface area contributed by atoms with Gasteiger partial charge in [-0.05, 0) is 5.56 Å². The molecule has 62 valence electrons. The molecule has 2 rings (SSSR count). The fraction of sp³-hybridized carbons (Fsp3) is 0.111. The van der Waals surface area contributed by atoms with E-state index in [-0.39, 0.29) is 0 Å². The summed E-state index contributed by atoms with van der Waals surface area (Å²) in [6.07, 6.45) is 1.89. The molecule has 12 heavy (non-hydrogen) atoms. The van der Waals surface area contributed by atoms with Crippen LogP contribution in [-0.4, -0.2) is 3.93 Å². The second-order valence-corrected chi connectivity index (χ2v) is 3.71. The van der Waals surface area contributed by atoms with E-state index in [2.05, 4.69) is 22.2 Å². The molecule has 0 bridgehead atoms. The Hall–Kier alpha value is -0.960. The summed E-state index contributed by atoms with van der Waals surface area (Å²) in [6.45, 7) is 0.872. The number of nitrogens with two attached hydrogens (primary N) is 1. The lowest BCUT2D eigenvalue weighted by atomic mass is 10.0. The van der Waals surface area contributed by atoms with Crippen LogP contribution in [0.5, 0.6) is 0 Å². The monoisotopic (exact) mass is 224 g/mol. The fourth-order valence-corrected chi connectivity index (χ4v) is 1.86. The topological polar surface area (TPSA) is 29.3 Å². The second kappa shape index (κ2) is 2.83. The third-order valence-electron chi connectivity index (χ3n) is 1.93. The van der Waals surface area contributed by atoms with Crippen molar-refractivity contribution >= 4 is 21.8 Å². The minimum atomic E-state index is 0.814. The highest BCUT2D eigenvalue weighted by atomic mass is 79.9. The molecule has 0 atom stereocenters. The van der Waals surface area contributed by atoms with Crippen LogP contribution in [0.2, 0.25) is 0 Å². The van der Waals surface area contributed by atoms with Crippen LogP contribution in [-0.2, 0) is 6.54 Å². The molecular weight excluding hydrogens is 216 g/mol. The highest BCUT2D eigenvalue weighted by Crippen LogP contribution is 2.24. The Morgan fingerprint density at radius 1 is 1.33 bits per heavy atom. The Balaban J connectivity index is 2.53. The van der Waals surface area contributed by atoms with Crippen LogP contribution in [0, 0.1) is 0 Å². The van der Waals surface area contributed by atoms with Gasteiger partial charge >= 0.3 is 0 Å². The van der Waals surface area contributed by atoms with E-state index in [1.165, 1.54) is 5.56 Å². The molecule has 0 saturated carbocycles. The zero-order chi connectivity index (χ0) is 8.55. The van der Waals surface area contributed by atoms with Crippen LogP contribution >= 0.6 is 16.1 Å². The lowest BCUT2D eigenvalue weighted by Crippen LogP contribution is -2.15. The molecular formula is C9H9BrN2. The zero-order valence-electron chi connectivity index (χ0n) is 6.50. The Morgan fingerprint density at radius 3 is 2.92 bits per heavy atom. The van der Waals surface area contributed by atoms with E-state index in [1.807, 2.05) is 28.3 Å². The first-order valence-electron chi connectivity index (χ1n) is 3.75. The summed E-state index contributed by atoms with van der Waals surface area (Å²) in [7, 11) is 0. The van der Waals surface area contributed by atoms with Crippen LogP contribution in [0.15, 0.2) is 30.5 Å². The van der Waals surface area contributed by atoms with Crippen molar-refractivity contribution in [3.63, 3.8) is 0 Å². The standard InChI is InChI=1S/C9H9BrN2/c10-12-5-7-3-1-2-4-8(7)9(11)6-12/h1-4,6H,5,11H2. The number of benzene rings is 1. The smallest absolute Gasteiger partial charge is 0.0561 e. The zero-order valence-corrected chi connectivity index (χ0v) is 8.08. The summed E-state index contributed by atoms with van der Waals surface area (Å²) < 4.78 is 1.91. The lowest BCUT2D eigenvalue weighted by Gasteiger charge is -2.21. The Kier molecular flexibility index (Phi) is 1.81. The third-order valence-corrected chi connectivity index (χ3v) is 2.38. The highest BCUT2D eigenvalue weighted by Gasteiger charge is 2.11. The van der Waals surface area contributed by atoms with Gasteiger partial charge in [-0.2, -0.15) is 0 Å². The van der Waals surface area contributed by atoms with Gasteiger partial charge in [0.05, 0.1) is 12.2 Å². The van der Waals surface area contributed by atoms with Crippen molar-refractivity contribution in [1.29, 1.82) is 0 Å². The number of rotatable bonds is 0. The second-order valence-electron chi connectivity index (χ2n) is 2.80. The largest absolute Gasteiger partial charge is 0.397 e. The summed E-state index contributed by atoms with van der Waals surface area (Å²) >= 11 is 3.38. The predicted molar refractivity (Wildman–Crippen MR) is 53.1 cm³/mol. The summed E-state index contributed by atoms with van der Waals surface area (Å²) in [5.41, 5.74) is 9.05. The summed E-state index contributed by atoms with van der Waals surface area (Å²) in [5.74, 6) is 0. The van der Waals surface area contributed by atoms with Gasteiger partial charge in [-0.15, -0.1) is 0 Å². The molecule has 3 heteroatoms. The van der Waals surface area contributed by atoms with E-state index in [9.17, 15) is 0 Å². The average Bonchev–Trinajstić information content (AvgIpc) is 2.04. The van der Waals surface area contributed by atoms with Crippen LogP contribution < -0.4 is 5.73 Å². The molecule has 0 spiro atoms. The van der Waals surface area contributed by atoms with E-state index in [0.29, 0.717) is 0 Å². The Morgan fingerprint density at radius 2 is 2.08 bits per heavy atom. The number of hydrogen-bond donors (Lipinski definition) is 1. The quantitative estimate of drug-likeness (QED) is 0.685. The third kappa shape index (κ3) is 1.20. The van der Waals surface area contributed by atoms with Crippen molar-refractivity contribution < 1.29 is 0 Å². The maximum atomic E-state index is 5.83. The van der Waals surface area contributed by atoms with Crippen molar-refractivity contribution in [2.24, 2.45) is 5.73 Å². The molecule has 1 aliphatic heterocycles. The maximum absolute atomic E-state index is 5.83. The van der Waals surface area contributed by atoms with E-state index < -0.39 is 0 Å². The van der Waals surface area contributed by atoms with Crippen molar-refractivity contribution in [1.82, 2.24) is 3.93 Å². The van der Waals surface area contributed by atoms with Gasteiger partial charge in [0.2, 0.25) is 0 Å². The highest BCUT2D eigenvalue weighted by molar-refractivity contribution is 9.07. The number of fused-ring (bicyclic) bond motifs is 1. The number of nitrogens with zero attached hydrogens (tertiary/aromatic N) is 1. The van der Waals surface area contributed by atoms with Crippen molar-refractivity contribution in [3.05, 3.63) is 41.6 Å². The Labute approximate surface area is 80.0 Å². The van der Waals surface area contributed by atoms with E-state index in [0.717, 1.165) is 17.8 Å². The summed E-state index contributed by atoms with van der Waals surface area (Å²) in [5, 5.41) is 0. The molecule has 0 amide bonds. The van der Waals surface area contributed by atoms with Crippen LogP contribution in [0.4, 0.5) is 0 Å². The number of halogens is 1. The predicted octanol–water partition coefficient (Wildman–Crippen LogP) is 2.07. The SMILES string of the molecule is NC1=CN(Br)Cc2ccccc21. The van der Waals surface area contributed by atoms with Gasteiger partial charge in [-0.3, -0.25) is 0 Å². The molecule has 1 aromatic carbocycles. The van der Waals surface area contributed by atoms with E-state index >= 15 is 0 Å². The van der Waals surface area contributed by atoms with Gasteiger partial charge < -0.3 is 9.66 Å². The minimum absolute atomic E-state index is 0.814. The number of hydrogen-bond acceptors (Lipinski definition) is 2. The van der Waals surface area contributed by atoms with Crippen LogP contribution in [0.3, 0.4) is 0 Å². The van der Waals surface area contributed by atoms with E-state index in [1.54, 1.807) is 0 Å². The van der Waals surface area contributed by atoms with Crippen molar-refractivity contribution in [2.45, 2.75) is 6.54 Å². The van der Waals surface area contributed by atoms with Crippen molar-refractivity contribution in [3.8, 4) is 0 Å². The summed E-state index contributed by atoms with van der Waals surface area (Å²) in [6, 6.07) is 8.16. The summed E-state index contributed by atoms with van der Waals surface area (Å²) in [4.78, 5) is 0. The van der Waals surface area contributed by atoms with Crippen LogP contribution in [0.25, 0.3) is 5.70 Å². The molecule has 0 radical (unpaired) electrons. The first-order chi connectivity index (χ1) is 5.77. The molecule has 0 aliphatic carbocycles. The minimum Gasteiger partial charge on any atom is -0.397 e. The molecule has 1 aromatic rings. The molecule has 1 aliphatic rings. The maximum Gasteiger partial charge on any atom is 0.0561 e. The lowest BCUT2D eigenvalue weighted by molar-refractivity contribution is 0.629. The van der Waals surface area contributed by atoms with Gasteiger partial charge in [-0.25, -0.2) is 0 Å². The normalized spacial score (nSPS) is 15.4. The molecule has 2 nitrogen and oxygen atoms in total. The first kappa shape index (κ1) is 7.68. The molecule has 0 unspecified atom stereocenters. The van der Waals surface area contributed by atoms with Gasteiger partial charge in [0.15, 0.2) is 0 Å². The van der Waals surface area contributed by atoms with Crippen molar-refractivity contribution in [2.75, 3.05) is 0 Å². The van der Waals surface area contributed by atoms with E-state index in [4.69, 9.17) is 5.73 Å². The fourth-order valence-electron chi connectivity index (χ4n) is 1.37. The molecule has 1 heterocycles. The van der Waals surface area contributed by atoms with Gasteiger partial charge in [0.1, 0.15) is 0 Å². The molecule has 2 N–H and O–H groups in total. The van der Waals surface area contributed by atoms with Gasteiger partial charge in [0.25, 0.3) is 0 Å². The first-order valence-corrected chi connectivity index (χ1v) is 4.46. The van der Waals surface area contributed by atoms with Crippen LogP contribution in [0.1, 0.15) is 11.1 Å². The van der Waals surface area contributed by atoms with Gasteiger partial charge in [0, 0.05) is 27.9 Å². The molecule has 0 fully saturated rings. The Bertz CT molecular complexity index is 333. The molecule has 0 aromatic heterocycles. The van der Waals surface area contributed by atoms with Gasteiger partial charge in [-0.1, -0.05) is 24.3 Å². The molecule has 0 saturated heterocycles. The average molecular weight is 225 g/mol.